The van der Waals surface area contributed by atoms with Crippen molar-refractivity contribution < 1.29 is 0 Å². The average molecular weight is 352 g/mol. The van der Waals surface area contributed by atoms with Gasteiger partial charge in [-0.25, -0.2) is 0 Å². The molecule has 0 radical (unpaired) electrons. The van der Waals surface area contributed by atoms with Crippen molar-refractivity contribution in [2.75, 3.05) is 0 Å². The van der Waals surface area contributed by atoms with Crippen molar-refractivity contribution >= 4 is 15.9 Å². The summed E-state index contributed by atoms with van der Waals surface area (Å²) in [6, 6.07) is 2.65. The zero-order chi connectivity index (χ0) is 15.5. The standard InChI is InChI=1S/C17H26BrN3/c1-4-13-7-9-17(12-19,10-8-13)11-15-16(18)14(5-2)20-21(15)6-3/h13H,4-11H2,1-3H3. The van der Waals surface area contributed by atoms with Crippen LogP contribution in [0.15, 0.2) is 4.47 Å². The number of nitrogens with zero attached hydrogens (tertiary/aromatic N) is 3. The highest BCUT2D eigenvalue weighted by Gasteiger charge is 2.37. The Kier molecular flexibility index (Phi) is 5.48. The molecule has 21 heavy (non-hydrogen) atoms. The molecular weight excluding hydrogens is 326 g/mol. The maximum Gasteiger partial charge on any atom is 0.0766 e. The second kappa shape index (κ2) is 6.96. The van der Waals surface area contributed by atoms with Crippen LogP contribution in [0.2, 0.25) is 0 Å². The molecule has 0 unspecified atom stereocenters. The van der Waals surface area contributed by atoms with E-state index in [9.17, 15) is 5.26 Å². The summed E-state index contributed by atoms with van der Waals surface area (Å²) in [5.74, 6) is 0.817. The highest BCUT2D eigenvalue weighted by atomic mass is 79.9. The second-order valence-electron chi connectivity index (χ2n) is 6.30. The molecule has 1 aliphatic carbocycles. The van der Waals surface area contributed by atoms with Crippen molar-refractivity contribution in [3.63, 3.8) is 0 Å². The Labute approximate surface area is 136 Å². The van der Waals surface area contributed by atoms with E-state index in [2.05, 4.69) is 52.6 Å². The fourth-order valence-corrected chi connectivity index (χ4v) is 4.18. The molecule has 0 N–H and O–H groups in total. The Morgan fingerprint density at radius 1 is 1.33 bits per heavy atom. The van der Waals surface area contributed by atoms with Crippen LogP contribution in [-0.2, 0) is 19.4 Å². The molecule has 116 valence electrons. The molecule has 0 amide bonds. The molecule has 0 aliphatic heterocycles. The number of hydrogen-bond donors (Lipinski definition) is 0. The molecule has 0 bridgehead atoms. The predicted molar refractivity (Wildman–Crippen MR) is 89.0 cm³/mol. The van der Waals surface area contributed by atoms with Gasteiger partial charge in [0, 0.05) is 13.0 Å². The van der Waals surface area contributed by atoms with E-state index in [1.54, 1.807) is 0 Å². The predicted octanol–water partition coefficient (Wildman–Crippen LogP) is 4.88. The number of hydrogen-bond acceptors (Lipinski definition) is 2. The molecule has 1 aromatic heterocycles. The average Bonchev–Trinajstić information content (AvgIpc) is 2.83. The third kappa shape index (κ3) is 3.34. The van der Waals surface area contributed by atoms with Crippen molar-refractivity contribution in [2.45, 2.75) is 72.3 Å². The molecule has 1 aliphatic rings. The minimum atomic E-state index is -0.188. The van der Waals surface area contributed by atoms with Crippen LogP contribution in [0.5, 0.6) is 0 Å². The van der Waals surface area contributed by atoms with Gasteiger partial charge in [0.2, 0.25) is 0 Å². The Hall–Kier alpha value is -0.820. The van der Waals surface area contributed by atoms with Crippen molar-refractivity contribution in [1.29, 1.82) is 5.26 Å². The Morgan fingerprint density at radius 2 is 2.00 bits per heavy atom. The van der Waals surface area contributed by atoms with Gasteiger partial charge in [-0.2, -0.15) is 10.4 Å². The summed E-state index contributed by atoms with van der Waals surface area (Å²) >= 11 is 3.72. The van der Waals surface area contributed by atoms with Crippen LogP contribution in [-0.4, -0.2) is 9.78 Å². The zero-order valence-electron chi connectivity index (χ0n) is 13.5. The van der Waals surface area contributed by atoms with Crippen LogP contribution in [0.3, 0.4) is 0 Å². The van der Waals surface area contributed by atoms with Gasteiger partial charge in [0.05, 0.1) is 27.3 Å². The van der Waals surface area contributed by atoms with Gasteiger partial charge >= 0.3 is 0 Å². The molecular formula is C17H26BrN3. The molecule has 1 aromatic rings. The van der Waals surface area contributed by atoms with Crippen LogP contribution in [0.4, 0.5) is 0 Å². The van der Waals surface area contributed by atoms with Gasteiger partial charge in [0.1, 0.15) is 0 Å². The molecule has 0 spiro atoms. The number of halogens is 1. The maximum absolute atomic E-state index is 9.79. The summed E-state index contributed by atoms with van der Waals surface area (Å²) in [6.07, 6.45) is 7.47. The number of aromatic nitrogens is 2. The topological polar surface area (TPSA) is 41.6 Å². The number of rotatable bonds is 5. The summed E-state index contributed by atoms with van der Waals surface area (Å²) in [5, 5.41) is 14.5. The monoisotopic (exact) mass is 351 g/mol. The third-order valence-corrected chi connectivity index (χ3v) is 5.99. The van der Waals surface area contributed by atoms with Gasteiger partial charge in [0.25, 0.3) is 0 Å². The molecule has 0 atom stereocenters. The largest absolute Gasteiger partial charge is 0.268 e. The maximum atomic E-state index is 9.79. The van der Waals surface area contributed by atoms with Gasteiger partial charge in [-0.05, 0) is 60.9 Å². The van der Waals surface area contributed by atoms with Gasteiger partial charge in [-0.15, -0.1) is 0 Å². The first-order valence-corrected chi connectivity index (χ1v) is 9.03. The highest BCUT2D eigenvalue weighted by Crippen LogP contribution is 2.43. The van der Waals surface area contributed by atoms with Crippen molar-refractivity contribution in [3.05, 3.63) is 15.9 Å². The first kappa shape index (κ1) is 16.5. The van der Waals surface area contributed by atoms with E-state index in [1.807, 2.05) is 0 Å². The van der Waals surface area contributed by atoms with Crippen molar-refractivity contribution in [2.24, 2.45) is 11.3 Å². The van der Waals surface area contributed by atoms with Gasteiger partial charge in [0.15, 0.2) is 0 Å². The Morgan fingerprint density at radius 3 is 2.48 bits per heavy atom. The van der Waals surface area contributed by atoms with E-state index in [0.29, 0.717) is 0 Å². The van der Waals surface area contributed by atoms with E-state index < -0.39 is 0 Å². The van der Waals surface area contributed by atoms with E-state index in [1.165, 1.54) is 25.0 Å². The smallest absolute Gasteiger partial charge is 0.0766 e. The van der Waals surface area contributed by atoms with Gasteiger partial charge in [-0.1, -0.05) is 20.3 Å². The van der Waals surface area contributed by atoms with Crippen LogP contribution < -0.4 is 0 Å². The molecule has 0 aromatic carbocycles. The van der Waals surface area contributed by atoms with Crippen LogP contribution in [0, 0.1) is 22.7 Å². The summed E-state index contributed by atoms with van der Waals surface area (Å²) in [4.78, 5) is 0. The zero-order valence-corrected chi connectivity index (χ0v) is 15.0. The number of aryl methyl sites for hydroxylation is 2. The summed E-state index contributed by atoms with van der Waals surface area (Å²) in [7, 11) is 0. The SMILES string of the molecule is CCc1nn(CC)c(CC2(C#N)CCC(CC)CC2)c1Br. The van der Waals surface area contributed by atoms with Crippen LogP contribution >= 0.6 is 15.9 Å². The lowest BCUT2D eigenvalue weighted by Gasteiger charge is -2.34. The molecule has 0 saturated heterocycles. The fraction of sp³-hybridized carbons (Fsp3) is 0.765. The van der Waals surface area contributed by atoms with Crippen LogP contribution in [0.25, 0.3) is 0 Å². The second-order valence-corrected chi connectivity index (χ2v) is 7.09. The molecule has 1 saturated carbocycles. The van der Waals surface area contributed by atoms with Gasteiger partial charge < -0.3 is 0 Å². The molecule has 3 nitrogen and oxygen atoms in total. The lowest BCUT2D eigenvalue weighted by molar-refractivity contribution is 0.201. The Bertz CT molecular complexity index is 519. The van der Waals surface area contributed by atoms with Crippen LogP contribution in [0.1, 0.15) is 64.3 Å². The minimum absolute atomic E-state index is 0.188. The highest BCUT2D eigenvalue weighted by molar-refractivity contribution is 9.10. The van der Waals surface area contributed by atoms with E-state index in [4.69, 9.17) is 0 Å². The minimum Gasteiger partial charge on any atom is -0.268 e. The normalized spacial score (nSPS) is 25.8. The fourth-order valence-electron chi connectivity index (χ4n) is 3.47. The first-order chi connectivity index (χ1) is 10.1. The lowest BCUT2D eigenvalue weighted by atomic mass is 9.68. The first-order valence-electron chi connectivity index (χ1n) is 8.24. The van der Waals surface area contributed by atoms with E-state index in [-0.39, 0.29) is 5.41 Å². The summed E-state index contributed by atoms with van der Waals surface area (Å²) < 4.78 is 3.20. The quantitative estimate of drug-likeness (QED) is 0.758. The lowest BCUT2D eigenvalue weighted by Crippen LogP contribution is -2.29. The summed E-state index contributed by atoms with van der Waals surface area (Å²) in [5.41, 5.74) is 2.14. The van der Waals surface area contributed by atoms with E-state index >= 15 is 0 Å². The summed E-state index contributed by atoms with van der Waals surface area (Å²) in [6.45, 7) is 7.38. The molecule has 1 fully saturated rings. The third-order valence-electron chi connectivity index (χ3n) is 5.08. The molecule has 4 heteroatoms. The van der Waals surface area contributed by atoms with Crippen molar-refractivity contribution in [3.8, 4) is 6.07 Å². The van der Waals surface area contributed by atoms with E-state index in [0.717, 1.165) is 48.3 Å². The van der Waals surface area contributed by atoms with Crippen molar-refractivity contribution in [1.82, 2.24) is 9.78 Å². The number of nitriles is 1. The molecule has 1 heterocycles. The van der Waals surface area contributed by atoms with Gasteiger partial charge in [-0.3, -0.25) is 4.68 Å². The molecule has 2 rings (SSSR count). The Balaban J connectivity index is 2.24.